The van der Waals surface area contributed by atoms with Gasteiger partial charge >= 0.3 is 5.97 Å². The van der Waals surface area contributed by atoms with Crippen molar-refractivity contribution < 1.29 is 27.4 Å². The van der Waals surface area contributed by atoms with Crippen molar-refractivity contribution in [2.75, 3.05) is 17.2 Å². The average Bonchev–Trinajstić information content (AvgIpc) is 3.39. The van der Waals surface area contributed by atoms with Crippen molar-refractivity contribution in [2.24, 2.45) is 0 Å². The van der Waals surface area contributed by atoms with E-state index in [2.05, 4.69) is 110 Å². The highest BCUT2D eigenvalue weighted by Gasteiger charge is 2.45. The van der Waals surface area contributed by atoms with Crippen LogP contribution in [0.4, 0.5) is 17.1 Å². The Hall–Kier alpha value is -4.01. The number of carbonyl (C=O) groups is 1. The molecule has 5 rings (SSSR count). The van der Waals surface area contributed by atoms with Crippen molar-refractivity contribution in [2.45, 2.75) is 83.5 Å². The molecular weight excluding hydrogens is 609 g/mol. The maximum Gasteiger partial charge on any atom is 0.303 e. The summed E-state index contributed by atoms with van der Waals surface area (Å²) in [5.74, 6) is -0.994. The molecule has 2 aliphatic heterocycles. The van der Waals surface area contributed by atoms with Gasteiger partial charge in [-0.2, -0.15) is 13.0 Å². The second-order valence-electron chi connectivity index (χ2n) is 13.6. The number of carboxylic acid groups (broad SMARTS) is 1. The molecule has 0 radical (unpaired) electrons. The number of anilines is 2. The fourth-order valence-electron chi connectivity index (χ4n) is 7.27. The molecule has 248 valence electrons. The summed E-state index contributed by atoms with van der Waals surface area (Å²) in [4.78, 5) is 13.4. The van der Waals surface area contributed by atoms with Gasteiger partial charge in [0.15, 0.2) is 5.71 Å². The zero-order valence-corrected chi connectivity index (χ0v) is 28.8. The van der Waals surface area contributed by atoms with Crippen molar-refractivity contribution in [3.63, 3.8) is 0 Å². The van der Waals surface area contributed by atoms with Crippen molar-refractivity contribution in [1.82, 2.24) is 0 Å². The van der Waals surface area contributed by atoms with Gasteiger partial charge in [-0.1, -0.05) is 60.5 Å². The van der Waals surface area contributed by atoms with Crippen LogP contribution in [0.5, 0.6) is 0 Å². The average molecular weight is 656 g/mol. The standard InChI is InChI=1S/C39H46N2O5S/c1-29-23-24-33-32(28-29)38(2,3)35(40(33)26-13-6-9-22-37(42)43)20-15-21-36-39(4,25-12-14-27-47(44,45)46)31-18-10-11-19-34(31)41(36)30-16-7-5-8-17-30/h5,7-8,10-11,15-21,23-24,28H,6,9,12-14,22,25-27H2,1-4H3,(H-,42,43,44,45,46)/p+1. The lowest BCUT2D eigenvalue weighted by atomic mass is 9.77. The molecule has 0 amide bonds. The van der Waals surface area contributed by atoms with E-state index in [0.717, 1.165) is 42.9 Å². The summed E-state index contributed by atoms with van der Waals surface area (Å²) in [7, 11) is -4.02. The second-order valence-corrected chi connectivity index (χ2v) is 15.1. The molecule has 3 aromatic carbocycles. The fourth-order valence-corrected chi connectivity index (χ4v) is 7.84. The second kappa shape index (κ2) is 14.0. The van der Waals surface area contributed by atoms with Crippen LogP contribution in [0.1, 0.15) is 82.4 Å². The Kier molecular flexibility index (Phi) is 10.2. The van der Waals surface area contributed by atoms with E-state index in [1.807, 2.05) is 18.2 Å². The molecule has 7 nitrogen and oxygen atoms in total. The number of nitrogens with zero attached hydrogens (tertiary/aromatic N) is 2. The lowest BCUT2D eigenvalue weighted by Gasteiger charge is -2.30. The number of hydrogen-bond acceptors (Lipinski definition) is 4. The molecule has 0 aromatic heterocycles. The zero-order chi connectivity index (χ0) is 33.8. The maximum absolute atomic E-state index is 11.5. The van der Waals surface area contributed by atoms with E-state index in [4.69, 9.17) is 5.11 Å². The molecule has 8 heteroatoms. The van der Waals surface area contributed by atoms with E-state index in [0.29, 0.717) is 19.3 Å². The number of rotatable bonds is 14. The number of hydrogen-bond donors (Lipinski definition) is 2. The first-order valence-electron chi connectivity index (χ1n) is 16.6. The number of aliphatic carboxylic acids is 1. The van der Waals surface area contributed by atoms with Gasteiger partial charge in [-0.05, 0) is 89.3 Å². The molecule has 0 spiro atoms. The smallest absolute Gasteiger partial charge is 0.303 e. The third-order valence-corrected chi connectivity index (χ3v) is 10.5. The molecule has 2 N–H and O–H groups in total. The van der Waals surface area contributed by atoms with Crippen LogP contribution < -0.4 is 4.90 Å². The highest BCUT2D eigenvalue weighted by Crippen LogP contribution is 2.53. The monoisotopic (exact) mass is 655 g/mol. The fraction of sp³-hybridized carbons (Fsp3) is 0.385. The van der Waals surface area contributed by atoms with Crippen LogP contribution in [0.2, 0.25) is 0 Å². The van der Waals surface area contributed by atoms with Gasteiger partial charge < -0.3 is 10.0 Å². The Bertz CT molecular complexity index is 1820. The molecule has 0 bridgehead atoms. The van der Waals surface area contributed by atoms with E-state index < -0.39 is 21.5 Å². The van der Waals surface area contributed by atoms with Gasteiger partial charge in [0.2, 0.25) is 5.69 Å². The molecular formula is C39H47N2O5S+. The minimum atomic E-state index is -4.02. The van der Waals surface area contributed by atoms with Crippen LogP contribution in [0.15, 0.2) is 96.7 Å². The molecule has 1 unspecified atom stereocenters. The van der Waals surface area contributed by atoms with Gasteiger partial charge in [0.1, 0.15) is 6.54 Å². The summed E-state index contributed by atoms with van der Waals surface area (Å²) < 4.78 is 34.7. The Morgan fingerprint density at radius 2 is 1.62 bits per heavy atom. The highest BCUT2D eigenvalue weighted by atomic mass is 32.2. The third-order valence-electron chi connectivity index (χ3n) is 9.72. The first-order valence-corrected chi connectivity index (χ1v) is 18.2. The molecule has 47 heavy (non-hydrogen) atoms. The Labute approximate surface area is 279 Å². The quantitative estimate of drug-likeness (QED) is 0.103. The number of fused-ring (bicyclic) bond motifs is 2. The van der Waals surface area contributed by atoms with E-state index in [1.54, 1.807) is 0 Å². The molecule has 1 atom stereocenters. The van der Waals surface area contributed by atoms with Crippen LogP contribution in [0.3, 0.4) is 0 Å². The zero-order valence-electron chi connectivity index (χ0n) is 27.9. The number of unbranched alkanes of at least 4 members (excludes halogenated alkanes) is 3. The molecule has 0 aliphatic carbocycles. The number of carboxylic acids is 1. The number of allylic oxidation sites excluding steroid dienone is 4. The Morgan fingerprint density at radius 1 is 0.894 bits per heavy atom. The van der Waals surface area contributed by atoms with Gasteiger partial charge in [-0.15, -0.1) is 0 Å². The van der Waals surface area contributed by atoms with Crippen molar-refractivity contribution in [3.8, 4) is 0 Å². The molecule has 3 aromatic rings. The maximum atomic E-state index is 11.5. The molecule has 2 heterocycles. The van der Waals surface area contributed by atoms with Crippen LogP contribution >= 0.6 is 0 Å². The predicted octanol–water partition coefficient (Wildman–Crippen LogP) is 8.62. The Morgan fingerprint density at radius 3 is 2.34 bits per heavy atom. The Balaban J connectivity index is 1.55. The summed E-state index contributed by atoms with van der Waals surface area (Å²) in [5, 5.41) is 9.09. The summed E-state index contributed by atoms with van der Waals surface area (Å²) in [5.41, 5.74) is 8.75. The van der Waals surface area contributed by atoms with Gasteiger partial charge in [0, 0.05) is 53.0 Å². The normalized spacial score (nSPS) is 19.5. The first-order chi connectivity index (χ1) is 22.3. The molecule has 0 fully saturated rings. The lowest BCUT2D eigenvalue weighted by molar-refractivity contribution is -0.438. The number of benzene rings is 3. The molecule has 0 saturated carbocycles. The van der Waals surface area contributed by atoms with Gasteiger partial charge in [0.05, 0.1) is 11.2 Å². The van der Waals surface area contributed by atoms with E-state index in [-0.39, 0.29) is 17.6 Å². The summed E-state index contributed by atoms with van der Waals surface area (Å²) >= 11 is 0. The van der Waals surface area contributed by atoms with Gasteiger partial charge in [0.25, 0.3) is 10.1 Å². The van der Waals surface area contributed by atoms with E-state index in [1.165, 1.54) is 28.1 Å². The molecule has 2 aliphatic rings. The van der Waals surface area contributed by atoms with Gasteiger partial charge in [-0.25, -0.2) is 0 Å². The van der Waals surface area contributed by atoms with Crippen LogP contribution in [0.25, 0.3) is 0 Å². The largest absolute Gasteiger partial charge is 0.481 e. The van der Waals surface area contributed by atoms with Crippen molar-refractivity contribution in [1.29, 1.82) is 0 Å². The number of para-hydroxylation sites is 2. The lowest BCUT2D eigenvalue weighted by Crippen LogP contribution is -2.28. The van der Waals surface area contributed by atoms with Crippen molar-refractivity contribution in [3.05, 3.63) is 113 Å². The van der Waals surface area contributed by atoms with Gasteiger partial charge in [-0.3, -0.25) is 9.35 Å². The summed E-state index contributed by atoms with van der Waals surface area (Å²) in [6.45, 7) is 9.70. The van der Waals surface area contributed by atoms with E-state index in [9.17, 15) is 17.8 Å². The van der Waals surface area contributed by atoms with Crippen molar-refractivity contribution >= 4 is 38.9 Å². The third kappa shape index (κ3) is 7.44. The highest BCUT2D eigenvalue weighted by molar-refractivity contribution is 7.85. The predicted molar refractivity (Wildman–Crippen MR) is 190 cm³/mol. The summed E-state index contributed by atoms with van der Waals surface area (Å²) in [6, 6.07) is 25.4. The number of aryl methyl sites for hydroxylation is 1. The minimum Gasteiger partial charge on any atom is -0.481 e. The molecule has 0 saturated heterocycles. The first kappa shape index (κ1) is 34.3. The van der Waals surface area contributed by atoms with Crippen LogP contribution in [-0.4, -0.2) is 46.6 Å². The van der Waals surface area contributed by atoms with Crippen LogP contribution in [0, 0.1) is 6.92 Å². The minimum absolute atomic E-state index is 0.195. The van der Waals surface area contributed by atoms with Crippen LogP contribution in [-0.2, 0) is 25.7 Å². The SMILES string of the molecule is Cc1ccc2c(c1)C(C)(C)C(/C=C/C=C1\N(c3ccccc3)c3ccccc3C1(C)CCCCS(=O)(=O)O)=[N+]2CCCCCC(=O)O. The van der Waals surface area contributed by atoms with E-state index >= 15 is 0 Å². The summed E-state index contributed by atoms with van der Waals surface area (Å²) in [6.07, 6.45) is 10.9. The topological polar surface area (TPSA) is 97.9 Å².